The summed E-state index contributed by atoms with van der Waals surface area (Å²) in [7, 11) is 1.49. The van der Waals surface area contributed by atoms with Gasteiger partial charge in [0.2, 0.25) is 0 Å². The molecule has 0 unspecified atom stereocenters. The van der Waals surface area contributed by atoms with Crippen molar-refractivity contribution in [2.75, 3.05) is 7.11 Å². The van der Waals surface area contributed by atoms with E-state index in [9.17, 15) is 9.90 Å². The number of aromatic nitrogens is 2. The molecule has 1 amide bonds. The number of nitrogens with zero attached hydrogens (tertiary/aromatic N) is 2. The van der Waals surface area contributed by atoms with Gasteiger partial charge in [0.05, 0.1) is 18.3 Å². The molecule has 24 heavy (non-hydrogen) atoms. The second kappa shape index (κ2) is 5.41. The fourth-order valence-electron chi connectivity index (χ4n) is 5.76. The topological polar surface area (TPSA) is 84.3 Å². The van der Waals surface area contributed by atoms with Crippen LogP contribution in [0.3, 0.4) is 0 Å². The average molecular weight is 331 g/mol. The van der Waals surface area contributed by atoms with Crippen LogP contribution in [-0.4, -0.2) is 39.7 Å². The second-order valence-corrected chi connectivity index (χ2v) is 8.20. The number of aliphatic hydroxyl groups is 1. The fraction of sp³-hybridized carbons (Fsp3) is 0.722. The van der Waals surface area contributed by atoms with E-state index in [0.717, 1.165) is 32.1 Å². The van der Waals surface area contributed by atoms with Gasteiger partial charge in [0, 0.05) is 18.4 Å². The van der Waals surface area contributed by atoms with Crippen molar-refractivity contribution in [1.29, 1.82) is 0 Å². The number of rotatable bonds is 4. The first-order valence-electron chi connectivity index (χ1n) is 8.81. The highest BCUT2D eigenvalue weighted by molar-refractivity contribution is 5.93. The molecule has 0 radical (unpaired) electrons. The molecule has 3 atom stereocenters. The maximum absolute atomic E-state index is 12.5. The number of methoxy groups -OCH3 is 1. The molecule has 4 saturated carbocycles. The van der Waals surface area contributed by atoms with Gasteiger partial charge < -0.3 is 15.2 Å². The molecule has 6 heteroatoms. The fourth-order valence-corrected chi connectivity index (χ4v) is 5.76. The molecule has 0 spiro atoms. The van der Waals surface area contributed by atoms with Crippen LogP contribution >= 0.6 is 0 Å². The molecule has 4 aliphatic rings. The second-order valence-electron chi connectivity index (χ2n) is 8.20. The van der Waals surface area contributed by atoms with Gasteiger partial charge in [-0.3, -0.25) is 4.79 Å². The predicted octanol–water partition coefficient (Wildman–Crippen LogP) is 1.93. The van der Waals surface area contributed by atoms with Crippen LogP contribution in [-0.2, 0) is 0 Å². The number of carbonyl (C=O) groups excluding carboxylic acids is 1. The molecule has 1 heterocycles. The standard InChI is InChI=1S/C18H25N3O3/c1-11(21-15(22)14-8-19-16(24-2)20-9-14)17-4-12-3-13(5-17)7-18(23,6-12)10-17/h8-9,11-13,23H,3-7,10H2,1-2H3,(H,21,22)/t11-,12+,13+,17?,18?/m0/s1. The molecular formula is C18H25N3O3. The summed E-state index contributed by atoms with van der Waals surface area (Å²) in [6, 6.07) is 0.285. The summed E-state index contributed by atoms with van der Waals surface area (Å²) in [5.74, 6) is 1.06. The maximum Gasteiger partial charge on any atom is 0.316 e. The van der Waals surface area contributed by atoms with E-state index in [2.05, 4.69) is 22.2 Å². The molecule has 4 bridgehead atoms. The molecule has 0 saturated heterocycles. The van der Waals surface area contributed by atoms with Crippen molar-refractivity contribution in [3.8, 4) is 6.01 Å². The lowest BCUT2D eigenvalue weighted by Crippen LogP contribution is -2.61. The molecule has 4 fully saturated rings. The van der Waals surface area contributed by atoms with Gasteiger partial charge in [-0.25, -0.2) is 9.97 Å². The lowest BCUT2D eigenvalue weighted by atomic mass is 9.46. The van der Waals surface area contributed by atoms with Gasteiger partial charge >= 0.3 is 6.01 Å². The SMILES string of the molecule is COc1ncc(C(=O)N[C@@H](C)C23C[C@H]4C[C@@H](CC(O)(C4)C2)C3)cn1. The molecule has 0 aromatic carbocycles. The Hall–Kier alpha value is -1.69. The minimum absolute atomic E-state index is 0.0296. The monoisotopic (exact) mass is 331 g/mol. The van der Waals surface area contributed by atoms with Gasteiger partial charge in [-0.2, -0.15) is 0 Å². The van der Waals surface area contributed by atoms with E-state index in [-0.39, 0.29) is 23.4 Å². The number of ether oxygens (including phenoxy) is 1. The van der Waals surface area contributed by atoms with E-state index in [1.165, 1.54) is 25.9 Å². The maximum atomic E-state index is 12.5. The number of carbonyl (C=O) groups is 1. The molecule has 2 N–H and O–H groups in total. The lowest BCUT2D eigenvalue weighted by molar-refractivity contribution is -0.171. The highest BCUT2D eigenvalue weighted by Crippen LogP contribution is 2.62. The van der Waals surface area contributed by atoms with Gasteiger partial charge in [0.25, 0.3) is 5.91 Å². The Morgan fingerprint density at radius 2 is 1.92 bits per heavy atom. The van der Waals surface area contributed by atoms with Crippen molar-refractivity contribution in [1.82, 2.24) is 15.3 Å². The van der Waals surface area contributed by atoms with Gasteiger partial charge in [0.1, 0.15) is 0 Å². The van der Waals surface area contributed by atoms with E-state index in [1.807, 2.05) is 0 Å². The number of hydrogen-bond donors (Lipinski definition) is 2. The van der Waals surface area contributed by atoms with E-state index in [1.54, 1.807) is 0 Å². The number of nitrogens with one attached hydrogen (secondary N) is 1. The van der Waals surface area contributed by atoms with Crippen LogP contribution in [0.4, 0.5) is 0 Å². The van der Waals surface area contributed by atoms with Crippen LogP contribution in [0, 0.1) is 17.3 Å². The van der Waals surface area contributed by atoms with Crippen LogP contribution < -0.4 is 10.1 Å². The normalized spacial score (nSPS) is 38.0. The Kier molecular flexibility index (Phi) is 3.56. The Balaban J connectivity index is 1.49. The smallest absolute Gasteiger partial charge is 0.316 e. The predicted molar refractivity (Wildman–Crippen MR) is 87.6 cm³/mol. The quantitative estimate of drug-likeness (QED) is 0.881. The van der Waals surface area contributed by atoms with Crippen molar-refractivity contribution >= 4 is 5.91 Å². The average Bonchev–Trinajstić information content (AvgIpc) is 2.52. The molecular weight excluding hydrogens is 306 g/mol. The zero-order valence-corrected chi connectivity index (χ0v) is 14.3. The summed E-state index contributed by atoms with van der Waals surface area (Å²) in [5, 5.41) is 14.0. The van der Waals surface area contributed by atoms with Crippen molar-refractivity contribution in [2.24, 2.45) is 17.3 Å². The number of hydrogen-bond acceptors (Lipinski definition) is 5. The third kappa shape index (κ3) is 2.57. The molecule has 0 aliphatic heterocycles. The van der Waals surface area contributed by atoms with Crippen molar-refractivity contribution in [3.05, 3.63) is 18.0 Å². The Morgan fingerprint density at radius 1 is 1.29 bits per heavy atom. The summed E-state index contributed by atoms with van der Waals surface area (Å²) in [4.78, 5) is 20.5. The number of amides is 1. The van der Waals surface area contributed by atoms with E-state index >= 15 is 0 Å². The first kappa shape index (κ1) is 15.8. The highest BCUT2D eigenvalue weighted by atomic mass is 16.5. The zero-order valence-electron chi connectivity index (χ0n) is 14.3. The molecule has 1 aromatic heterocycles. The minimum atomic E-state index is -0.508. The first-order chi connectivity index (χ1) is 11.4. The van der Waals surface area contributed by atoms with Crippen LogP contribution in [0.1, 0.15) is 55.8 Å². The van der Waals surface area contributed by atoms with E-state index < -0.39 is 5.60 Å². The van der Waals surface area contributed by atoms with Crippen LogP contribution in [0.5, 0.6) is 6.01 Å². The van der Waals surface area contributed by atoms with Gasteiger partial charge in [-0.15, -0.1) is 0 Å². The van der Waals surface area contributed by atoms with Gasteiger partial charge in [-0.1, -0.05) is 0 Å². The summed E-state index contributed by atoms with van der Waals surface area (Å²) in [5.41, 5.74) is -0.0419. The summed E-state index contributed by atoms with van der Waals surface area (Å²) in [6.45, 7) is 2.08. The minimum Gasteiger partial charge on any atom is -0.467 e. The van der Waals surface area contributed by atoms with E-state index in [0.29, 0.717) is 17.4 Å². The molecule has 4 aliphatic carbocycles. The molecule has 130 valence electrons. The molecule has 1 aromatic rings. The lowest BCUT2D eigenvalue weighted by Gasteiger charge is -2.62. The Bertz CT molecular complexity index is 631. The van der Waals surface area contributed by atoms with Crippen LogP contribution in [0.2, 0.25) is 0 Å². The first-order valence-corrected chi connectivity index (χ1v) is 8.81. The van der Waals surface area contributed by atoms with Crippen molar-refractivity contribution in [3.63, 3.8) is 0 Å². The zero-order chi connectivity index (χ0) is 16.9. The highest BCUT2D eigenvalue weighted by Gasteiger charge is 2.59. The van der Waals surface area contributed by atoms with E-state index in [4.69, 9.17) is 4.74 Å². The summed E-state index contributed by atoms with van der Waals surface area (Å²) >= 11 is 0. The largest absolute Gasteiger partial charge is 0.467 e. The van der Waals surface area contributed by atoms with Crippen molar-refractivity contribution < 1.29 is 14.6 Å². The third-order valence-electron chi connectivity index (χ3n) is 6.41. The Morgan fingerprint density at radius 3 is 2.46 bits per heavy atom. The molecule has 5 rings (SSSR count). The third-order valence-corrected chi connectivity index (χ3v) is 6.41. The molecule has 6 nitrogen and oxygen atoms in total. The summed E-state index contributed by atoms with van der Waals surface area (Å²) < 4.78 is 4.92. The summed E-state index contributed by atoms with van der Waals surface area (Å²) in [6.07, 6.45) is 9.15. The van der Waals surface area contributed by atoms with Gasteiger partial charge in [0.15, 0.2) is 0 Å². The van der Waals surface area contributed by atoms with Crippen LogP contribution in [0.25, 0.3) is 0 Å². The Labute approximate surface area is 142 Å². The van der Waals surface area contributed by atoms with Crippen LogP contribution in [0.15, 0.2) is 12.4 Å². The van der Waals surface area contributed by atoms with Crippen molar-refractivity contribution in [2.45, 2.75) is 57.1 Å². The van der Waals surface area contributed by atoms with Gasteiger partial charge in [-0.05, 0) is 62.7 Å².